The predicted octanol–water partition coefficient (Wildman–Crippen LogP) is 6.28. The first kappa shape index (κ1) is 25.7. The molecule has 0 bridgehead atoms. The van der Waals surface area contributed by atoms with Gasteiger partial charge in [-0.1, -0.05) is 55.1 Å². The summed E-state index contributed by atoms with van der Waals surface area (Å²) in [5.41, 5.74) is 2.37. The van der Waals surface area contributed by atoms with E-state index in [9.17, 15) is 9.59 Å². The molecule has 0 aliphatic rings. The number of anilines is 1. The van der Waals surface area contributed by atoms with Gasteiger partial charge in [-0.25, -0.2) is 14.8 Å². The average Bonchev–Trinajstić information content (AvgIpc) is 3.14. The molecule has 4 aromatic rings. The van der Waals surface area contributed by atoms with E-state index < -0.39 is 11.9 Å². The van der Waals surface area contributed by atoms with Gasteiger partial charge in [-0.05, 0) is 43.7 Å². The highest BCUT2D eigenvalue weighted by atomic mass is 35.5. The fraction of sp³-hybridized carbons (Fsp3) is 0.308. The lowest BCUT2D eigenvalue weighted by molar-refractivity contribution is -0.118. The van der Waals surface area contributed by atoms with Crippen LogP contribution in [0.15, 0.2) is 42.5 Å². The second-order valence-corrected chi connectivity index (χ2v) is 8.94. The van der Waals surface area contributed by atoms with Crippen LogP contribution in [0.4, 0.5) is 5.82 Å². The number of rotatable bonds is 10. The van der Waals surface area contributed by atoms with E-state index in [0.29, 0.717) is 39.5 Å². The summed E-state index contributed by atoms with van der Waals surface area (Å²) < 4.78 is 12.7. The van der Waals surface area contributed by atoms with Crippen LogP contribution in [-0.2, 0) is 16.1 Å². The van der Waals surface area contributed by atoms with Crippen molar-refractivity contribution in [3.8, 4) is 5.75 Å². The maximum Gasteiger partial charge on any atom is 0.344 e. The summed E-state index contributed by atoms with van der Waals surface area (Å²) >= 11 is 12.1. The minimum absolute atomic E-state index is 0.166. The Morgan fingerprint density at radius 3 is 2.47 bits per heavy atom. The quantitative estimate of drug-likeness (QED) is 0.192. The van der Waals surface area contributed by atoms with Crippen molar-refractivity contribution in [2.45, 2.75) is 39.7 Å². The largest absolute Gasteiger partial charge is 0.482 e. The smallest absolute Gasteiger partial charge is 0.344 e. The van der Waals surface area contributed by atoms with E-state index >= 15 is 0 Å². The van der Waals surface area contributed by atoms with Gasteiger partial charge in [-0.15, -0.1) is 0 Å². The normalized spacial score (nSPS) is 11.1. The van der Waals surface area contributed by atoms with Crippen LogP contribution >= 0.6 is 23.2 Å². The van der Waals surface area contributed by atoms with Crippen LogP contribution in [0, 0.1) is 0 Å². The lowest BCUT2D eigenvalue weighted by atomic mass is 10.2. The maximum atomic E-state index is 13.1. The van der Waals surface area contributed by atoms with Gasteiger partial charge in [0, 0.05) is 11.6 Å². The number of unbranched alkanes of at least 4 members (excludes halogenated alkanes) is 2. The van der Waals surface area contributed by atoms with Crippen LogP contribution in [0.1, 0.15) is 43.5 Å². The number of nitrogens with zero attached hydrogens (tertiary/aromatic N) is 3. The highest BCUT2D eigenvalue weighted by molar-refractivity contribution is 6.35. The number of esters is 1. The fourth-order valence-corrected chi connectivity index (χ4v) is 4.33. The summed E-state index contributed by atoms with van der Waals surface area (Å²) in [4.78, 5) is 35.6. The van der Waals surface area contributed by atoms with Gasteiger partial charge in [0.15, 0.2) is 12.3 Å². The number of ether oxygens (including phenoxy) is 2. The van der Waals surface area contributed by atoms with Gasteiger partial charge in [0.05, 0.1) is 22.7 Å². The van der Waals surface area contributed by atoms with Crippen LogP contribution in [-0.4, -0.2) is 39.6 Å². The third-order valence-electron chi connectivity index (χ3n) is 5.53. The number of carbonyl (C=O) groups excluding carboxylic acids is 2. The molecule has 0 atom stereocenters. The minimum Gasteiger partial charge on any atom is -0.482 e. The van der Waals surface area contributed by atoms with E-state index in [2.05, 4.69) is 12.2 Å². The predicted molar refractivity (Wildman–Crippen MR) is 141 cm³/mol. The highest BCUT2D eigenvalue weighted by Gasteiger charge is 2.28. The van der Waals surface area contributed by atoms with E-state index in [1.54, 1.807) is 19.1 Å². The summed E-state index contributed by atoms with van der Waals surface area (Å²) in [6.07, 6.45) is 2.81. The van der Waals surface area contributed by atoms with Crippen molar-refractivity contribution in [3.63, 3.8) is 0 Å². The van der Waals surface area contributed by atoms with Gasteiger partial charge < -0.3 is 19.4 Å². The molecule has 0 unspecified atom stereocenters. The zero-order valence-electron chi connectivity index (χ0n) is 20.0. The summed E-state index contributed by atoms with van der Waals surface area (Å²) in [5.74, 6) is -0.459. The van der Waals surface area contributed by atoms with Crippen molar-refractivity contribution < 1.29 is 19.1 Å². The monoisotopic (exact) mass is 528 g/mol. The van der Waals surface area contributed by atoms with Crippen molar-refractivity contribution in [3.05, 3.63) is 58.1 Å². The second-order valence-electron chi connectivity index (χ2n) is 8.10. The number of carbonyl (C=O) groups is 2. The van der Waals surface area contributed by atoms with Gasteiger partial charge in [0.1, 0.15) is 22.6 Å². The molecular formula is C26H26Cl2N4O4. The van der Waals surface area contributed by atoms with E-state index in [0.717, 1.165) is 19.3 Å². The lowest BCUT2D eigenvalue weighted by Crippen LogP contribution is -2.23. The first-order valence-electron chi connectivity index (χ1n) is 11.8. The third kappa shape index (κ3) is 5.55. The maximum absolute atomic E-state index is 13.1. The molecule has 0 spiro atoms. The summed E-state index contributed by atoms with van der Waals surface area (Å²) in [6.45, 7) is 4.21. The number of benzene rings is 2. The highest BCUT2D eigenvalue weighted by Crippen LogP contribution is 2.32. The zero-order chi connectivity index (χ0) is 25.7. The zero-order valence-corrected chi connectivity index (χ0v) is 21.5. The number of amides is 1. The van der Waals surface area contributed by atoms with Crippen molar-refractivity contribution >= 4 is 63.1 Å². The molecule has 0 aliphatic carbocycles. The SMILES string of the molecule is CCCCCn1c(NC(=O)COc2ccc(Cl)cc2Cl)c(C(=O)OCC)c2nc3ccccc3nc21. The Kier molecular flexibility index (Phi) is 8.28. The Labute approximate surface area is 218 Å². The van der Waals surface area contributed by atoms with Gasteiger partial charge in [0.2, 0.25) is 0 Å². The number of hydrogen-bond donors (Lipinski definition) is 1. The van der Waals surface area contributed by atoms with Crippen molar-refractivity contribution in [2.24, 2.45) is 0 Å². The van der Waals surface area contributed by atoms with Crippen LogP contribution < -0.4 is 10.1 Å². The standard InChI is InChI=1S/C26H26Cl2N4O4/c1-3-5-8-13-32-24(31-21(33)15-36-20-12-11-16(27)14-17(20)28)22(26(34)35-4-2)23-25(32)30-19-10-7-6-9-18(19)29-23/h6-7,9-12,14H,3-5,8,13,15H2,1-2H3,(H,31,33). The molecule has 0 aliphatic heterocycles. The van der Waals surface area contributed by atoms with Crippen LogP contribution in [0.2, 0.25) is 10.0 Å². The first-order valence-corrected chi connectivity index (χ1v) is 12.5. The van der Waals surface area contributed by atoms with E-state index in [1.165, 1.54) is 6.07 Å². The van der Waals surface area contributed by atoms with Gasteiger partial charge in [0.25, 0.3) is 5.91 Å². The molecule has 1 amide bonds. The molecule has 4 rings (SSSR count). The third-order valence-corrected chi connectivity index (χ3v) is 6.06. The van der Waals surface area contributed by atoms with Crippen molar-refractivity contribution in [2.75, 3.05) is 18.5 Å². The van der Waals surface area contributed by atoms with Gasteiger partial charge >= 0.3 is 5.97 Å². The molecule has 0 saturated carbocycles. The van der Waals surface area contributed by atoms with Crippen LogP contribution in [0.5, 0.6) is 5.75 Å². The van der Waals surface area contributed by atoms with Crippen LogP contribution in [0.3, 0.4) is 0 Å². The summed E-state index contributed by atoms with van der Waals surface area (Å²) in [5, 5.41) is 3.59. The molecule has 2 aromatic carbocycles. The first-order chi connectivity index (χ1) is 17.4. The minimum atomic E-state index is -0.585. The van der Waals surface area contributed by atoms with Gasteiger partial charge in [-0.3, -0.25) is 4.79 Å². The van der Waals surface area contributed by atoms with Crippen molar-refractivity contribution in [1.29, 1.82) is 0 Å². The molecule has 1 N–H and O–H groups in total. The summed E-state index contributed by atoms with van der Waals surface area (Å²) in [7, 11) is 0. The molecule has 10 heteroatoms. The topological polar surface area (TPSA) is 95.3 Å². The molecule has 36 heavy (non-hydrogen) atoms. The number of halogens is 2. The Morgan fingerprint density at radius 2 is 1.78 bits per heavy atom. The lowest BCUT2D eigenvalue weighted by Gasteiger charge is -2.13. The fourth-order valence-electron chi connectivity index (χ4n) is 3.87. The van der Waals surface area contributed by atoms with Crippen molar-refractivity contribution in [1.82, 2.24) is 14.5 Å². The molecule has 8 nitrogen and oxygen atoms in total. The second kappa shape index (κ2) is 11.6. The van der Waals surface area contributed by atoms with Crippen LogP contribution in [0.25, 0.3) is 22.2 Å². The Morgan fingerprint density at radius 1 is 1.03 bits per heavy atom. The number of nitrogens with one attached hydrogen (secondary N) is 1. The number of para-hydroxylation sites is 2. The Bertz CT molecular complexity index is 1420. The number of hydrogen-bond acceptors (Lipinski definition) is 6. The number of fused-ring (bicyclic) bond motifs is 2. The molecule has 188 valence electrons. The molecule has 0 fully saturated rings. The Hall–Kier alpha value is -3.36. The number of aryl methyl sites for hydroxylation is 1. The average molecular weight is 529 g/mol. The number of aromatic nitrogens is 3. The molecule has 2 aromatic heterocycles. The molecule has 2 heterocycles. The van der Waals surface area contributed by atoms with E-state index in [4.69, 9.17) is 42.6 Å². The molecular weight excluding hydrogens is 503 g/mol. The van der Waals surface area contributed by atoms with E-state index in [1.807, 2.05) is 28.8 Å². The molecule has 0 saturated heterocycles. The summed E-state index contributed by atoms with van der Waals surface area (Å²) in [6, 6.07) is 12.2. The van der Waals surface area contributed by atoms with Gasteiger partial charge in [-0.2, -0.15) is 0 Å². The molecule has 0 radical (unpaired) electrons. The Balaban J connectivity index is 1.75. The van der Waals surface area contributed by atoms with E-state index in [-0.39, 0.29) is 29.6 Å².